The van der Waals surface area contributed by atoms with Crippen molar-refractivity contribution in [3.8, 4) is 12.3 Å². The molecule has 0 aromatic rings. The summed E-state index contributed by atoms with van der Waals surface area (Å²) in [5, 5.41) is 2.62. The highest BCUT2D eigenvalue weighted by atomic mass is 16.2. The lowest BCUT2D eigenvalue weighted by Crippen LogP contribution is -2.45. The number of hydrogen-bond donors (Lipinski definition) is 1. The van der Waals surface area contributed by atoms with Gasteiger partial charge in [0, 0.05) is 25.4 Å². The lowest BCUT2D eigenvalue weighted by molar-refractivity contribution is -0.129. The number of nitrogens with one attached hydrogen (secondary N) is 1. The molecule has 0 saturated carbocycles. The van der Waals surface area contributed by atoms with Gasteiger partial charge in [-0.2, -0.15) is 0 Å². The van der Waals surface area contributed by atoms with Crippen LogP contribution in [0, 0.1) is 18.3 Å². The zero-order chi connectivity index (χ0) is 12.0. The van der Waals surface area contributed by atoms with Crippen molar-refractivity contribution >= 4 is 11.7 Å². The third kappa shape index (κ3) is 3.67. The summed E-state index contributed by atoms with van der Waals surface area (Å²) in [5.74, 6) is 2.70. The predicted molar refractivity (Wildman–Crippen MR) is 61.7 cm³/mol. The molecule has 1 amide bonds. The second-order valence-corrected chi connectivity index (χ2v) is 4.04. The Hall–Kier alpha value is -1.34. The summed E-state index contributed by atoms with van der Waals surface area (Å²) < 4.78 is 0. The van der Waals surface area contributed by atoms with Gasteiger partial charge >= 0.3 is 0 Å². The number of rotatable bonds is 4. The van der Waals surface area contributed by atoms with Gasteiger partial charge in [0.15, 0.2) is 0 Å². The first-order chi connectivity index (χ1) is 7.67. The van der Waals surface area contributed by atoms with Crippen molar-refractivity contribution in [2.75, 3.05) is 26.2 Å². The summed E-state index contributed by atoms with van der Waals surface area (Å²) in [6.07, 6.45) is 6.45. The topological polar surface area (TPSA) is 49.4 Å². The molecular formula is C12H18N2O2. The highest BCUT2D eigenvalue weighted by Crippen LogP contribution is 2.15. The minimum Gasteiger partial charge on any atom is -0.344 e. The lowest BCUT2D eigenvalue weighted by atomic mass is 9.94. The second-order valence-electron chi connectivity index (χ2n) is 4.04. The van der Waals surface area contributed by atoms with E-state index in [0.717, 1.165) is 6.42 Å². The number of likely N-dealkylation sites (tertiary alicyclic amines) is 1. The van der Waals surface area contributed by atoms with Gasteiger partial charge in [0.1, 0.15) is 5.78 Å². The average molecular weight is 222 g/mol. The molecule has 0 radical (unpaired) electrons. The molecule has 1 rings (SSSR count). The first-order valence-corrected chi connectivity index (χ1v) is 5.62. The molecule has 4 heteroatoms. The van der Waals surface area contributed by atoms with E-state index in [-0.39, 0.29) is 18.4 Å². The van der Waals surface area contributed by atoms with Crippen molar-refractivity contribution in [1.29, 1.82) is 0 Å². The van der Waals surface area contributed by atoms with Gasteiger partial charge in [-0.3, -0.25) is 14.5 Å². The zero-order valence-electron chi connectivity index (χ0n) is 9.66. The van der Waals surface area contributed by atoms with Crippen molar-refractivity contribution in [2.45, 2.75) is 19.8 Å². The Morgan fingerprint density at radius 1 is 1.69 bits per heavy atom. The van der Waals surface area contributed by atoms with Crippen LogP contribution in [0.3, 0.4) is 0 Å². The maximum absolute atomic E-state index is 11.5. The highest BCUT2D eigenvalue weighted by molar-refractivity contribution is 5.83. The van der Waals surface area contributed by atoms with Crippen LogP contribution < -0.4 is 5.32 Å². The second kappa shape index (κ2) is 6.29. The van der Waals surface area contributed by atoms with Crippen LogP contribution in [-0.2, 0) is 9.59 Å². The van der Waals surface area contributed by atoms with Crippen LogP contribution in [-0.4, -0.2) is 42.8 Å². The predicted octanol–water partition coefficient (Wildman–Crippen LogP) is 0.0368. The van der Waals surface area contributed by atoms with Crippen LogP contribution >= 0.6 is 0 Å². The van der Waals surface area contributed by atoms with Crippen molar-refractivity contribution in [1.82, 2.24) is 10.2 Å². The van der Waals surface area contributed by atoms with Gasteiger partial charge in [-0.05, 0) is 6.42 Å². The number of carbonyl (C=O) groups excluding carboxylic acids is 2. The SMILES string of the molecule is C#CCNC(=O)CN1CCC(=O)C(CC)C1. The van der Waals surface area contributed by atoms with E-state index in [2.05, 4.69) is 11.2 Å². The summed E-state index contributed by atoms with van der Waals surface area (Å²) in [6, 6.07) is 0. The van der Waals surface area contributed by atoms with Crippen LogP contribution in [0.4, 0.5) is 0 Å². The molecule has 1 aliphatic heterocycles. The molecular weight excluding hydrogens is 204 g/mol. The number of piperidine rings is 1. The molecule has 4 nitrogen and oxygen atoms in total. The van der Waals surface area contributed by atoms with E-state index >= 15 is 0 Å². The fraction of sp³-hybridized carbons (Fsp3) is 0.667. The monoisotopic (exact) mass is 222 g/mol. The molecule has 88 valence electrons. The molecule has 1 atom stereocenters. The van der Waals surface area contributed by atoms with Gasteiger partial charge in [0.05, 0.1) is 13.1 Å². The molecule has 1 fully saturated rings. The maximum atomic E-state index is 11.5. The largest absolute Gasteiger partial charge is 0.344 e. The van der Waals surface area contributed by atoms with Crippen LogP contribution in [0.2, 0.25) is 0 Å². The Balaban J connectivity index is 2.36. The van der Waals surface area contributed by atoms with Crippen LogP contribution in [0.25, 0.3) is 0 Å². The summed E-state index contributed by atoms with van der Waals surface area (Å²) in [4.78, 5) is 24.9. The summed E-state index contributed by atoms with van der Waals surface area (Å²) in [6.45, 7) is 3.98. The van der Waals surface area contributed by atoms with E-state index in [1.165, 1.54) is 0 Å². The van der Waals surface area contributed by atoms with E-state index < -0.39 is 0 Å². The van der Waals surface area contributed by atoms with Gasteiger partial charge in [-0.25, -0.2) is 0 Å². The molecule has 1 saturated heterocycles. The smallest absolute Gasteiger partial charge is 0.234 e. The number of Topliss-reactive ketones (excluding diaryl/α,β-unsaturated/α-hetero) is 1. The fourth-order valence-electron chi connectivity index (χ4n) is 1.89. The Morgan fingerprint density at radius 2 is 2.44 bits per heavy atom. The molecule has 1 heterocycles. The first-order valence-electron chi connectivity index (χ1n) is 5.62. The molecule has 16 heavy (non-hydrogen) atoms. The molecule has 0 spiro atoms. The molecule has 0 bridgehead atoms. The maximum Gasteiger partial charge on any atom is 0.234 e. The van der Waals surface area contributed by atoms with Gasteiger partial charge in [-0.1, -0.05) is 12.8 Å². The standard InChI is InChI=1S/C12H18N2O2/c1-3-6-13-12(16)9-14-7-5-11(15)10(4-2)8-14/h1,10H,4-9H2,2H3,(H,13,16). The van der Waals surface area contributed by atoms with E-state index in [4.69, 9.17) is 6.42 Å². The number of nitrogens with zero attached hydrogens (tertiary/aromatic N) is 1. The van der Waals surface area contributed by atoms with Crippen molar-refractivity contribution in [3.05, 3.63) is 0 Å². The number of ketones is 1. The molecule has 0 aromatic heterocycles. The average Bonchev–Trinajstić information content (AvgIpc) is 2.29. The van der Waals surface area contributed by atoms with Gasteiger partial charge in [0.2, 0.25) is 5.91 Å². The van der Waals surface area contributed by atoms with E-state index in [1.54, 1.807) is 0 Å². The van der Waals surface area contributed by atoms with Gasteiger partial charge in [-0.15, -0.1) is 6.42 Å². The van der Waals surface area contributed by atoms with Crippen molar-refractivity contribution < 1.29 is 9.59 Å². The van der Waals surface area contributed by atoms with Crippen LogP contribution in [0.15, 0.2) is 0 Å². The normalized spacial score (nSPS) is 21.5. The zero-order valence-corrected chi connectivity index (χ0v) is 9.66. The fourth-order valence-corrected chi connectivity index (χ4v) is 1.89. The van der Waals surface area contributed by atoms with Crippen molar-refractivity contribution in [2.24, 2.45) is 5.92 Å². The number of terminal acetylenes is 1. The lowest BCUT2D eigenvalue weighted by Gasteiger charge is -2.30. The third-order valence-electron chi connectivity index (χ3n) is 2.86. The first kappa shape index (κ1) is 12.7. The molecule has 1 unspecified atom stereocenters. The Labute approximate surface area is 96.4 Å². The molecule has 1 N–H and O–H groups in total. The molecule has 0 aromatic carbocycles. The quantitative estimate of drug-likeness (QED) is 0.683. The Morgan fingerprint density at radius 3 is 3.06 bits per heavy atom. The Kier molecular flexibility index (Phi) is 5.00. The number of amides is 1. The van der Waals surface area contributed by atoms with Crippen molar-refractivity contribution in [3.63, 3.8) is 0 Å². The van der Waals surface area contributed by atoms with E-state index in [1.807, 2.05) is 11.8 Å². The number of carbonyl (C=O) groups is 2. The molecule has 0 aliphatic carbocycles. The van der Waals surface area contributed by atoms with Gasteiger partial charge in [0.25, 0.3) is 0 Å². The van der Waals surface area contributed by atoms with Crippen LogP contribution in [0.5, 0.6) is 0 Å². The van der Waals surface area contributed by atoms with Gasteiger partial charge < -0.3 is 5.32 Å². The molecule has 1 aliphatic rings. The summed E-state index contributed by atoms with van der Waals surface area (Å²) >= 11 is 0. The summed E-state index contributed by atoms with van der Waals surface area (Å²) in [7, 11) is 0. The van der Waals surface area contributed by atoms with E-state index in [0.29, 0.717) is 31.8 Å². The minimum atomic E-state index is -0.0675. The number of hydrogen-bond acceptors (Lipinski definition) is 3. The summed E-state index contributed by atoms with van der Waals surface area (Å²) in [5.41, 5.74) is 0. The Bertz CT molecular complexity index is 307. The highest BCUT2D eigenvalue weighted by Gasteiger charge is 2.26. The van der Waals surface area contributed by atoms with E-state index in [9.17, 15) is 9.59 Å². The third-order valence-corrected chi connectivity index (χ3v) is 2.86. The van der Waals surface area contributed by atoms with Crippen LogP contribution in [0.1, 0.15) is 19.8 Å². The minimum absolute atomic E-state index is 0.0675.